The Morgan fingerprint density at radius 3 is 0.842 bits per heavy atom. The van der Waals surface area contributed by atoms with Gasteiger partial charge in [-0.2, -0.15) is 0 Å². The van der Waals surface area contributed by atoms with E-state index in [9.17, 15) is 25.2 Å². The molecule has 0 atom stereocenters. The molecule has 0 heterocycles. The van der Waals surface area contributed by atoms with Gasteiger partial charge < -0.3 is 0 Å². The van der Waals surface area contributed by atoms with Gasteiger partial charge in [-0.25, -0.2) is 0 Å². The van der Waals surface area contributed by atoms with Gasteiger partial charge in [0.1, 0.15) is 0 Å². The second-order valence-electron chi connectivity index (χ2n) is 2.79. The van der Waals surface area contributed by atoms with Gasteiger partial charge in [0.15, 0.2) is 0 Å². The Bertz CT molecular complexity index is 229. The minimum absolute atomic E-state index is 0. The summed E-state index contributed by atoms with van der Waals surface area (Å²) < 4.78 is 59.2. The van der Waals surface area contributed by atoms with Gasteiger partial charge in [0.25, 0.3) is 0 Å². The molecular formula is C11H13F6PPd-. The number of allylic oxidation sites excluding steroid dienone is 4. The van der Waals surface area contributed by atoms with E-state index < -0.39 is 7.81 Å². The first kappa shape index (κ1) is 24.2. The molecule has 7 radical (unpaired) electrons. The Morgan fingerprint density at radius 2 is 0.737 bits per heavy atom. The van der Waals surface area contributed by atoms with E-state index in [4.69, 9.17) is 0 Å². The van der Waals surface area contributed by atoms with Crippen LogP contribution in [-0.4, -0.2) is 0 Å². The van der Waals surface area contributed by atoms with Crippen LogP contribution in [0.1, 0.15) is 0 Å². The zero-order valence-electron chi connectivity index (χ0n) is 9.64. The summed E-state index contributed by atoms with van der Waals surface area (Å²) in [5.41, 5.74) is 0. The molecule has 0 aromatic rings. The van der Waals surface area contributed by atoms with Crippen LogP contribution in [0.15, 0.2) is 24.3 Å². The van der Waals surface area contributed by atoms with Crippen molar-refractivity contribution < 1.29 is 45.6 Å². The summed E-state index contributed by atoms with van der Waals surface area (Å²) in [7, 11) is -10.7. The number of halogens is 6. The van der Waals surface area contributed by atoms with Crippen molar-refractivity contribution >= 4 is 7.81 Å². The van der Waals surface area contributed by atoms with E-state index in [1.54, 1.807) is 0 Å². The normalized spacial score (nSPS) is 21.3. The molecular weight excluding hydrogens is 384 g/mol. The summed E-state index contributed by atoms with van der Waals surface area (Å²) >= 11 is 0. The van der Waals surface area contributed by atoms with E-state index in [0.717, 1.165) is 0 Å². The molecule has 8 heteroatoms. The van der Waals surface area contributed by atoms with Gasteiger partial charge >= 0.3 is 33.0 Å². The van der Waals surface area contributed by atoms with Crippen LogP contribution in [0, 0.1) is 46.0 Å². The molecule has 0 saturated heterocycles. The fraction of sp³-hybridized carbons (Fsp3) is 0. The maximum atomic E-state index is 9.87. The van der Waals surface area contributed by atoms with Crippen molar-refractivity contribution in [3.8, 4) is 0 Å². The van der Waals surface area contributed by atoms with E-state index in [0.29, 0.717) is 0 Å². The van der Waals surface area contributed by atoms with E-state index in [1.165, 1.54) is 6.42 Å². The molecule has 0 N–H and O–H groups in total. The van der Waals surface area contributed by atoms with Crippen molar-refractivity contribution in [2.24, 2.45) is 0 Å². The average Bonchev–Trinajstić information content (AvgIpc) is 1.96. The van der Waals surface area contributed by atoms with Gasteiger partial charge in [-0.1, -0.05) is 24.3 Å². The van der Waals surface area contributed by atoms with Crippen molar-refractivity contribution in [2.75, 3.05) is 0 Å². The van der Waals surface area contributed by atoms with Gasteiger partial charge in [0.05, 0.1) is 0 Å². The van der Waals surface area contributed by atoms with Crippen LogP contribution >= 0.6 is 7.81 Å². The van der Waals surface area contributed by atoms with Crippen LogP contribution in [0.3, 0.4) is 0 Å². The Balaban J connectivity index is -0.000000216. The van der Waals surface area contributed by atoms with Crippen LogP contribution in [0.4, 0.5) is 25.2 Å². The minimum atomic E-state index is -10.7. The molecule has 1 rings (SSSR count). The largest absolute Gasteiger partial charge is 0.0839 e. The third-order valence-corrected chi connectivity index (χ3v) is 0.889. The molecule has 115 valence electrons. The molecule has 0 aliphatic heterocycles. The molecule has 1 aliphatic carbocycles. The minimum Gasteiger partial charge on any atom is -0.0839 e. The van der Waals surface area contributed by atoms with Gasteiger partial charge in [-0.3, -0.25) is 0 Å². The maximum absolute atomic E-state index is 10.7. The molecule has 0 aromatic heterocycles. The van der Waals surface area contributed by atoms with E-state index in [-0.39, 0.29) is 20.4 Å². The molecule has 0 spiro atoms. The first-order valence-electron chi connectivity index (χ1n) is 4.50. The van der Waals surface area contributed by atoms with Crippen LogP contribution in [-0.2, 0) is 20.4 Å². The third kappa shape index (κ3) is 71.3. The van der Waals surface area contributed by atoms with E-state index in [2.05, 4.69) is 13.8 Å². The van der Waals surface area contributed by atoms with Crippen molar-refractivity contribution in [1.29, 1.82) is 0 Å². The molecule has 0 bridgehead atoms. The molecule has 0 unspecified atom stereocenters. The zero-order chi connectivity index (χ0) is 14.8. The fourth-order valence-corrected chi connectivity index (χ4v) is 0.513. The SMILES string of the molecule is F[P-](F)(F)(F)(F)F.[CH2][CH][CH2].[CH]1[CH]/C=C\[CH][CH]/C=C\1.[Pd]. The van der Waals surface area contributed by atoms with Crippen LogP contribution in [0.5, 0.6) is 0 Å². The van der Waals surface area contributed by atoms with Crippen molar-refractivity contribution in [2.45, 2.75) is 0 Å². The predicted octanol–water partition coefficient (Wildman–Crippen LogP) is 6.17. The summed E-state index contributed by atoms with van der Waals surface area (Å²) in [6.07, 6.45) is 17.5. The maximum Gasteiger partial charge on any atom is 0 e. The van der Waals surface area contributed by atoms with Crippen LogP contribution in [0.2, 0.25) is 0 Å². The smallest absolute Gasteiger partial charge is 0 e. The van der Waals surface area contributed by atoms with Crippen LogP contribution < -0.4 is 0 Å². The Kier molecular flexibility index (Phi) is 11.7. The molecule has 0 fully saturated rings. The first-order chi connectivity index (χ1) is 7.86. The van der Waals surface area contributed by atoms with Crippen LogP contribution in [0.25, 0.3) is 0 Å². The molecule has 0 aromatic carbocycles. The second-order valence-corrected chi connectivity index (χ2v) is 4.70. The molecule has 0 saturated carbocycles. The quantitative estimate of drug-likeness (QED) is 0.261. The summed E-state index contributed by atoms with van der Waals surface area (Å²) in [6.45, 7) is 6.50. The van der Waals surface area contributed by atoms with E-state index >= 15 is 0 Å². The predicted molar refractivity (Wildman–Crippen MR) is 64.1 cm³/mol. The fourth-order valence-electron chi connectivity index (χ4n) is 0.513. The zero-order valence-corrected chi connectivity index (χ0v) is 12.1. The summed E-state index contributed by atoms with van der Waals surface area (Å²) in [5.74, 6) is 0. The number of hydrogen-bond donors (Lipinski definition) is 0. The Labute approximate surface area is 124 Å². The molecule has 19 heavy (non-hydrogen) atoms. The molecule has 0 amide bonds. The summed E-state index contributed by atoms with van der Waals surface area (Å²) in [5, 5.41) is 0. The van der Waals surface area contributed by atoms with Crippen molar-refractivity contribution in [3.63, 3.8) is 0 Å². The third-order valence-electron chi connectivity index (χ3n) is 0.889. The summed E-state index contributed by atoms with van der Waals surface area (Å²) in [6, 6.07) is 0. The van der Waals surface area contributed by atoms with Gasteiger partial charge in [-0.15, -0.1) is 0 Å². The molecule has 1 aliphatic rings. The first-order valence-corrected chi connectivity index (χ1v) is 6.53. The van der Waals surface area contributed by atoms with Crippen molar-refractivity contribution in [1.82, 2.24) is 0 Å². The number of hydrogen-bond acceptors (Lipinski definition) is 0. The topological polar surface area (TPSA) is 0 Å². The number of rotatable bonds is 0. The molecule has 0 nitrogen and oxygen atoms in total. The van der Waals surface area contributed by atoms with E-state index in [1.807, 2.05) is 50.0 Å². The summed E-state index contributed by atoms with van der Waals surface area (Å²) in [4.78, 5) is 0. The standard InChI is InChI=1S/C8H8.C3H5.F6P.Pd/c1-2-4-6-8-7-5-3-1;1-3-2;1-7(2,3,4,5)6;/h1-8H;3H,1-2H2;;/q;;-1;/b2-1-,8-7-;;;. The average molecular weight is 397 g/mol. The second kappa shape index (κ2) is 9.16. The van der Waals surface area contributed by atoms with Gasteiger partial charge in [0.2, 0.25) is 0 Å². The Morgan fingerprint density at radius 1 is 0.632 bits per heavy atom. The van der Waals surface area contributed by atoms with Gasteiger partial charge in [-0.05, 0) is 46.0 Å². The monoisotopic (exact) mass is 396 g/mol. The Hall–Kier alpha value is 0.152. The van der Waals surface area contributed by atoms with Crippen molar-refractivity contribution in [3.05, 3.63) is 70.3 Å². The van der Waals surface area contributed by atoms with Gasteiger partial charge in [0, 0.05) is 20.4 Å².